The van der Waals surface area contributed by atoms with Crippen LogP contribution in [0.4, 0.5) is 11.4 Å². The van der Waals surface area contributed by atoms with Crippen LogP contribution < -0.4 is 10.6 Å². The molecular formula is C14H17ClN4O. The maximum atomic E-state index is 12.0. The lowest BCUT2D eigenvalue weighted by Gasteiger charge is -2.13. The first-order chi connectivity index (χ1) is 9.69. The van der Waals surface area contributed by atoms with Crippen molar-refractivity contribution in [3.8, 4) is 0 Å². The molecule has 0 bridgehead atoms. The van der Waals surface area contributed by atoms with Crippen LogP contribution in [0.5, 0.6) is 0 Å². The van der Waals surface area contributed by atoms with Gasteiger partial charge in [-0.2, -0.15) is 5.10 Å². The quantitative estimate of drug-likeness (QED) is 0.766. The number of hydrogen-bond acceptors (Lipinski definition) is 3. The fourth-order valence-corrected chi connectivity index (χ4v) is 1.96. The highest BCUT2D eigenvalue weighted by molar-refractivity contribution is 6.31. The van der Waals surface area contributed by atoms with Gasteiger partial charge in [0.05, 0.1) is 17.8 Å². The van der Waals surface area contributed by atoms with Crippen LogP contribution in [0.3, 0.4) is 0 Å². The first-order valence-corrected chi connectivity index (χ1v) is 6.88. The van der Waals surface area contributed by atoms with Gasteiger partial charge in [-0.1, -0.05) is 18.5 Å². The number of carbonyl (C=O) groups excluding carboxylic acids is 1. The first kappa shape index (κ1) is 14.4. The van der Waals surface area contributed by atoms with Gasteiger partial charge in [-0.15, -0.1) is 0 Å². The average Bonchev–Trinajstić information content (AvgIpc) is 2.90. The molecule has 1 heterocycles. The van der Waals surface area contributed by atoms with E-state index in [1.54, 1.807) is 24.4 Å². The van der Waals surface area contributed by atoms with E-state index in [4.69, 9.17) is 11.6 Å². The molecule has 0 spiro atoms. The summed E-state index contributed by atoms with van der Waals surface area (Å²) in [6, 6.07) is 7.17. The van der Waals surface area contributed by atoms with E-state index in [2.05, 4.69) is 27.8 Å². The van der Waals surface area contributed by atoms with Gasteiger partial charge >= 0.3 is 0 Å². The SMILES string of the molecule is CCCNc1ccc(Cl)cc1NC(=O)Cc1ccn[nH]1. The molecule has 106 valence electrons. The maximum Gasteiger partial charge on any atom is 0.230 e. The van der Waals surface area contributed by atoms with Gasteiger partial charge < -0.3 is 10.6 Å². The molecule has 0 aliphatic heterocycles. The minimum Gasteiger partial charge on any atom is -0.383 e. The van der Waals surface area contributed by atoms with Crippen molar-refractivity contribution < 1.29 is 4.79 Å². The summed E-state index contributed by atoms with van der Waals surface area (Å²) in [5.41, 5.74) is 2.33. The number of amides is 1. The monoisotopic (exact) mass is 292 g/mol. The van der Waals surface area contributed by atoms with E-state index in [1.807, 2.05) is 6.07 Å². The number of aromatic amines is 1. The molecule has 2 aromatic rings. The highest BCUT2D eigenvalue weighted by atomic mass is 35.5. The van der Waals surface area contributed by atoms with E-state index in [-0.39, 0.29) is 12.3 Å². The largest absolute Gasteiger partial charge is 0.383 e. The summed E-state index contributed by atoms with van der Waals surface area (Å²) in [7, 11) is 0. The lowest BCUT2D eigenvalue weighted by molar-refractivity contribution is -0.115. The van der Waals surface area contributed by atoms with Crippen LogP contribution in [-0.2, 0) is 11.2 Å². The maximum absolute atomic E-state index is 12.0. The van der Waals surface area contributed by atoms with Gasteiger partial charge in [0.15, 0.2) is 0 Å². The Morgan fingerprint density at radius 2 is 2.20 bits per heavy atom. The Hall–Kier alpha value is -2.01. The van der Waals surface area contributed by atoms with Crippen LogP contribution in [0, 0.1) is 0 Å². The molecule has 6 heteroatoms. The second kappa shape index (κ2) is 6.96. The third-order valence-electron chi connectivity index (χ3n) is 2.73. The van der Waals surface area contributed by atoms with E-state index in [1.165, 1.54) is 0 Å². The lowest BCUT2D eigenvalue weighted by Crippen LogP contribution is -2.16. The molecule has 0 unspecified atom stereocenters. The third kappa shape index (κ3) is 3.99. The number of rotatable bonds is 6. The van der Waals surface area contributed by atoms with Crippen LogP contribution in [0.1, 0.15) is 19.0 Å². The number of nitrogens with zero attached hydrogens (tertiary/aromatic N) is 1. The summed E-state index contributed by atoms with van der Waals surface area (Å²) in [5, 5.41) is 13.3. The van der Waals surface area contributed by atoms with Crippen molar-refractivity contribution in [2.75, 3.05) is 17.2 Å². The van der Waals surface area contributed by atoms with Crippen LogP contribution in [0.2, 0.25) is 5.02 Å². The van der Waals surface area contributed by atoms with Gasteiger partial charge in [-0.05, 0) is 30.7 Å². The van der Waals surface area contributed by atoms with Gasteiger partial charge in [-0.3, -0.25) is 9.89 Å². The van der Waals surface area contributed by atoms with Crippen molar-refractivity contribution in [2.45, 2.75) is 19.8 Å². The topological polar surface area (TPSA) is 69.8 Å². The zero-order chi connectivity index (χ0) is 14.4. The molecule has 2 rings (SSSR count). The van der Waals surface area contributed by atoms with Gasteiger partial charge in [0.2, 0.25) is 5.91 Å². The molecule has 0 radical (unpaired) electrons. The Balaban J connectivity index is 2.06. The first-order valence-electron chi connectivity index (χ1n) is 6.50. The van der Waals surface area contributed by atoms with Crippen molar-refractivity contribution in [2.24, 2.45) is 0 Å². The zero-order valence-electron chi connectivity index (χ0n) is 11.2. The van der Waals surface area contributed by atoms with Crippen molar-refractivity contribution in [3.05, 3.63) is 41.2 Å². The van der Waals surface area contributed by atoms with Gasteiger partial charge in [0, 0.05) is 23.5 Å². The molecule has 0 atom stereocenters. The van der Waals surface area contributed by atoms with E-state index >= 15 is 0 Å². The molecule has 0 aliphatic carbocycles. The molecule has 0 fully saturated rings. The van der Waals surface area contributed by atoms with Gasteiger partial charge in [0.1, 0.15) is 0 Å². The van der Waals surface area contributed by atoms with Gasteiger partial charge in [0.25, 0.3) is 0 Å². The van der Waals surface area contributed by atoms with E-state index in [9.17, 15) is 4.79 Å². The Morgan fingerprint density at radius 1 is 1.35 bits per heavy atom. The number of H-pyrrole nitrogens is 1. The van der Waals surface area contributed by atoms with E-state index in [0.717, 1.165) is 24.3 Å². The molecule has 20 heavy (non-hydrogen) atoms. The molecule has 0 aliphatic rings. The lowest BCUT2D eigenvalue weighted by atomic mass is 10.2. The smallest absolute Gasteiger partial charge is 0.230 e. The molecule has 5 nitrogen and oxygen atoms in total. The number of carbonyl (C=O) groups is 1. The van der Waals surface area contributed by atoms with Crippen molar-refractivity contribution in [1.82, 2.24) is 10.2 Å². The Bertz CT molecular complexity index is 569. The number of nitrogens with one attached hydrogen (secondary N) is 3. The highest BCUT2D eigenvalue weighted by Crippen LogP contribution is 2.26. The van der Waals surface area contributed by atoms with Crippen LogP contribution in [-0.4, -0.2) is 22.6 Å². The van der Waals surface area contributed by atoms with Crippen LogP contribution in [0.25, 0.3) is 0 Å². The fourth-order valence-electron chi connectivity index (χ4n) is 1.78. The molecular weight excluding hydrogens is 276 g/mol. The van der Waals surface area contributed by atoms with Crippen LogP contribution in [0.15, 0.2) is 30.5 Å². The standard InChI is InChI=1S/C14H17ClN4O/c1-2-6-16-12-4-3-10(15)8-13(12)18-14(20)9-11-5-7-17-19-11/h3-5,7-8,16H,2,6,9H2,1H3,(H,17,19)(H,18,20). The van der Waals surface area contributed by atoms with Gasteiger partial charge in [-0.25, -0.2) is 0 Å². The molecule has 1 aromatic heterocycles. The molecule has 1 amide bonds. The fraction of sp³-hybridized carbons (Fsp3) is 0.286. The molecule has 0 saturated heterocycles. The predicted octanol–water partition coefficient (Wildman–Crippen LogP) is 3.07. The summed E-state index contributed by atoms with van der Waals surface area (Å²) in [4.78, 5) is 12.0. The Labute approximate surface area is 122 Å². The van der Waals surface area contributed by atoms with Crippen molar-refractivity contribution in [3.63, 3.8) is 0 Å². The summed E-state index contributed by atoms with van der Waals surface area (Å²) in [6.07, 6.45) is 2.88. The Kier molecular flexibility index (Phi) is 5.01. The van der Waals surface area contributed by atoms with E-state index < -0.39 is 0 Å². The molecule has 0 saturated carbocycles. The number of halogens is 1. The minimum absolute atomic E-state index is 0.115. The summed E-state index contributed by atoms with van der Waals surface area (Å²) < 4.78 is 0. The predicted molar refractivity (Wildman–Crippen MR) is 81.2 cm³/mol. The number of anilines is 2. The average molecular weight is 293 g/mol. The van der Waals surface area contributed by atoms with Crippen molar-refractivity contribution >= 4 is 28.9 Å². The van der Waals surface area contributed by atoms with Crippen LogP contribution >= 0.6 is 11.6 Å². The summed E-state index contributed by atoms with van der Waals surface area (Å²) >= 11 is 5.98. The molecule has 1 aromatic carbocycles. The number of benzene rings is 1. The number of hydrogen-bond donors (Lipinski definition) is 3. The zero-order valence-corrected chi connectivity index (χ0v) is 12.0. The van der Waals surface area contributed by atoms with E-state index in [0.29, 0.717) is 10.7 Å². The second-order valence-electron chi connectivity index (χ2n) is 4.42. The third-order valence-corrected chi connectivity index (χ3v) is 2.97. The highest BCUT2D eigenvalue weighted by Gasteiger charge is 2.09. The second-order valence-corrected chi connectivity index (χ2v) is 4.86. The Morgan fingerprint density at radius 3 is 2.90 bits per heavy atom. The summed E-state index contributed by atoms with van der Waals surface area (Å²) in [5.74, 6) is -0.115. The summed E-state index contributed by atoms with van der Waals surface area (Å²) in [6.45, 7) is 2.92. The number of aromatic nitrogens is 2. The normalized spacial score (nSPS) is 10.3. The van der Waals surface area contributed by atoms with Crippen molar-refractivity contribution in [1.29, 1.82) is 0 Å². The minimum atomic E-state index is -0.115. The molecule has 3 N–H and O–H groups in total.